The van der Waals surface area contributed by atoms with Crippen LogP contribution in [0, 0.1) is 11.3 Å². The Morgan fingerprint density at radius 2 is 1.38 bits per heavy atom. The summed E-state index contributed by atoms with van der Waals surface area (Å²) in [4.78, 5) is 42.9. The summed E-state index contributed by atoms with van der Waals surface area (Å²) >= 11 is 0. The maximum absolute atomic E-state index is 14.3. The molecule has 0 saturated carbocycles. The van der Waals surface area contributed by atoms with E-state index in [1.165, 1.54) is 11.8 Å². The molecule has 0 aliphatic heterocycles. The molecule has 0 aliphatic carbocycles. The number of rotatable bonds is 15. The first-order chi connectivity index (χ1) is 24.2. The van der Waals surface area contributed by atoms with E-state index in [-0.39, 0.29) is 29.1 Å². The predicted molar refractivity (Wildman–Crippen MR) is 208 cm³/mol. The highest BCUT2D eigenvalue weighted by Crippen LogP contribution is 2.31. The van der Waals surface area contributed by atoms with Crippen LogP contribution in [0.5, 0.6) is 5.75 Å². The lowest BCUT2D eigenvalue weighted by molar-refractivity contribution is -0.140. The van der Waals surface area contributed by atoms with Crippen molar-refractivity contribution < 1.29 is 27.5 Å². The molecule has 0 saturated heterocycles. The fourth-order valence-electron chi connectivity index (χ4n) is 6.22. The maximum Gasteiger partial charge on any atom is 0.260 e. The number of methoxy groups -OCH3 is 1. The van der Waals surface area contributed by atoms with E-state index in [0.717, 1.165) is 22.4 Å². The molecule has 0 bridgehead atoms. The molecule has 0 spiro atoms. The minimum atomic E-state index is -3.96. The van der Waals surface area contributed by atoms with Gasteiger partial charge in [-0.15, -0.1) is 0 Å². The number of carbonyl (C=O) groups excluding carboxylic acids is 3. The molecule has 10 nitrogen and oxygen atoms in total. The summed E-state index contributed by atoms with van der Waals surface area (Å²) in [6.07, 6.45) is 1.60. The highest BCUT2D eigenvalue weighted by molar-refractivity contribution is 7.89. The third kappa shape index (κ3) is 10.8. The minimum Gasteiger partial charge on any atom is -0.497 e. The predicted octanol–water partition coefficient (Wildman–Crippen LogP) is 5.83. The summed E-state index contributed by atoms with van der Waals surface area (Å²) in [6.45, 7) is 15.0. The molecule has 0 aromatic heterocycles. The van der Waals surface area contributed by atoms with Gasteiger partial charge in [0.15, 0.2) is 0 Å². The Labute approximate surface area is 310 Å². The Hall–Kier alpha value is -4.48. The van der Waals surface area contributed by atoms with E-state index in [4.69, 9.17) is 4.74 Å². The van der Waals surface area contributed by atoms with Crippen LogP contribution in [0.4, 0.5) is 0 Å². The van der Waals surface area contributed by atoms with Gasteiger partial charge in [0, 0.05) is 18.0 Å². The van der Waals surface area contributed by atoms with E-state index < -0.39 is 44.9 Å². The van der Waals surface area contributed by atoms with Crippen molar-refractivity contribution in [2.75, 3.05) is 21.2 Å². The summed E-state index contributed by atoms with van der Waals surface area (Å²) in [5.41, 5.74) is 2.39. The van der Waals surface area contributed by atoms with Crippen LogP contribution in [0.25, 0.3) is 11.1 Å². The zero-order valence-electron chi connectivity index (χ0n) is 32.4. The van der Waals surface area contributed by atoms with Crippen molar-refractivity contribution >= 4 is 27.7 Å². The molecular formula is C41H56N4O6S. The number of hydrogen-bond donors (Lipinski definition) is 3. The Morgan fingerprint density at radius 3 is 1.87 bits per heavy atom. The number of carbonyl (C=O) groups is 3. The van der Waals surface area contributed by atoms with Gasteiger partial charge >= 0.3 is 0 Å². The van der Waals surface area contributed by atoms with Crippen LogP contribution in [-0.4, -0.2) is 70.4 Å². The molecule has 3 amide bonds. The normalized spacial score (nSPS) is 14.3. The van der Waals surface area contributed by atoms with Gasteiger partial charge in [-0.25, -0.2) is 13.1 Å². The van der Waals surface area contributed by atoms with Crippen molar-refractivity contribution in [2.45, 2.75) is 84.7 Å². The van der Waals surface area contributed by atoms with E-state index >= 15 is 0 Å². The van der Waals surface area contributed by atoms with E-state index in [0.29, 0.717) is 5.56 Å². The number of nitrogens with zero attached hydrogens (tertiary/aromatic N) is 1. The van der Waals surface area contributed by atoms with Gasteiger partial charge in [0.25, 0.3) is 5.91 Å². The Morgan fingerprint density at radius 1 is 0.846 bits per heavy atom. The number of benzene rings is 3. The third-order valence-electron chi connectivity index (χ3n) is 9.43. The SMILES string of the molecule is CNC(C(=O)NC(C(=O)N(C)C(/C=C(\C)C(=O)NS(=O)(=O)Cc1ccccc1)C(C)C)C(C)(C)C)C(C)(C)c1ccc(-c2ccc(OC)cc2)cc1. The van der Waals surface area contributed by atoms with Gasteiger partial charge in [-0.05, 0) is 59.7 Å². The molecule has 3 aromatic rings. The summed E-state index contributed by atoms with van der Waals surface area (Å²) in [6, 6.07) is 22.3. The van der Waals surface area contributed by atoms with Crippen LogP contribution in [0.1, 0.15) is 66.5 Å². The van der Waals surface area contributed by atoms with Gasteiger partial charge in [0.05, 0.1) is 24.9 Å². The minimum absolute atomic E-state index is 0.140. The largest absolute Gasteiger partial charge is 0.497 e. The molecule has 0 radical (unpaired) electrons. The molecule has 0 heterocycles. The fraction of sp³-hybridized carbons (Fsp3) is 0.439. The molecule has 3 rings (SSSR count). The number of nitrogens with one attached hydrogen (secondary N) is 3. The number of hydrogen-bond acceptors (Lipinski definition) is 7. The molecule has 3 atom stereocenters. The van der Waals surface area contributed by atoms with Crippen molar-refractivity contribution in [3.8, 4) is 16.9 Å². The topological polar surface area (TPSA) is 134 Å². The van der Waals surface area contributed by atoms with Crippen LogP contribution in [0.15, 0.2) is 90.5 Å². The first-order valence-corrected chi connectivity index (χ1v) is 19.1. The molecule has 3 unspecified atom stereocenters. The van der Waals surface area contributed by atoms with Gasteiger partial charge in [-0.3, -0.25) is 14.4 Å². The van der Waals surface area contributed by atoms with Gasteiger partial charge in [0.1, 0.15) is 11.8 Å². The highest BCUT2D eigenvalue weighted by Gasteiger charge is 2.41. The van der Waals surface area contributed by atoms with Gasteiger partial charge in [0.2, 0.25) is 21.8 Å². The zero-order chi connectivity index (χ0) is 39.0. The maximum atomic E-state index is 14.3. The Balaban J connectivity index is 1.81. The molecule has 282 valence electrons. The molecule has 3 N–H and O–H groups in total. The van der Waals surface area contributed by atoms with Crippen LogP contribution >= 0.6 is 0 Å². The lowest BCUT2D eigenvalue weighted by Gasteiger charge is -2.40. The third-order valence-corrected chi connectivity index (χ3v) is 10.6. The van der Waals surface area contributed by atoms with Crippen LogP contribution in [-0.2, 0) is 35.6 Å². The van der Waals surface area contributed by atoms with Crippen molar-refractivity contribution in [1.29, 1.82) is 0 Å². The van der Waals surface area contributed by atoms with Gasteiger partial charge in [-0.1, -0.05) is 121 Å². The molecule has 11 heteroatoms. The van der Waals surface area contributed by atoms with Crippen molar-refractivity contribution in [2.24, 2.45) is 11.3 Å². The molecular weight excluding hydrogens is 677 g/mol. The number of ether oxygens (including phenoxy) is 1. The second kappa shape index (κ2) is 17.4. The van der Waals surface area contributed by atoms with Crippen LogP contribution in [0.3, 0.4) is 0 Å². The number of likely N-dealkylation sites (N-methyl/N-ethyl adjacent to an activating group) is 2. The first-order valence-electron chi connectivity index (χ1n) is 17.5. The Bertz CT molecular complexity index is 1810. The highest BCUT2D eigenvalue weighted by atomic mass is 32.2. The second-order valence-electron chi connectivity index (χ2n) is 15.3. The van der Waals surface area contributed by atoms with E-state index in [1.807, 2.05) is 97.0 Å². The van der Waals surface area contributed by atoms with Gasteiger partial charge < -0.3 is 20.3 Å². The fourth-order valence-corrected chi connectivity index (χ4v) is 7.37. The van der Waals surface area contributed by atoms with E-state index in [1.54, 1.807) is 57.6 Å². The second-order valence-corrected chi connectivity index (χ2v) is 17.0. The average molecular weight is 733 g/mol. The number of amides is 3. The Kier molecular flexibility index (Phi) is 14.0. The van der Waals surface area contributed by atoms with E-state index in [2.05, 4.69) is 15.4 Å². The number of sulfonamides is 1. The van der Waals surface area contributed by atoms with E-state index in [9.17, 15) is 22.8 Å². The first kappa shape index (κ1) is 41.9. The quantitative estimate of drug-likeness (QED) is 0.168. The molecule has 0 aliphatic rings. The zero-order valence-corrected chi connectivity index (χ0v) is 33.2. The van der Waals surface area contributed by atoms with Crippen molar-refractivity contribution in [3.63, 3.8) is 0 Å². The summed E-state index contributed by atoms with van der Waals surface area (Å²) < 4.78 is 32.9. The lowest BCUT2D eigenvalue weighted by Crippen LogP contribution is -2.61. The summed E-state index contributed by atoms with van der Waals surface area (Å²) in [7, 11) is 1.04. The summed E-state index contributed by atoms with van der Waals surface area (Å²) in [5, 5.41) is 6.24. The average Bonchev–Trinajstić information content (AvgIpc) is 3.08. The molecule has 3 aromatic carbocycles. The molecule has 52 heavy (non-hydrogen) atoms. The van der Waals surface area contributed by atoms with Gasteiger partial charge in [-0.2, -0.15) is 0 Å². The van der Waals surface area contributed by atoms with Crippen molar-refractivity contribution in [3.05, 3.63) is 102 Å². The monoisotopic (exact) mass is 732 g/mol. The smallest absolute Gasteiger partial charge is 0.260 e. The standard InChI is InChI=1S/C41H56N4O6S/c1-27(2)34(25-28(3)37(46)44-52(49,50)26-29-15-13-12-14-16-29)45(10)39(48)36(40(4,5)6)43-38(47)35(42-9)41(7,8)32-21-17-30(18-22-32)31-19-23-33(51-11)24-20-31/h12-25,27,34-36,42H,26H2,1-11H3,(H,43,47)(H,44,46)/b28-25+. The van der Waals surface area contributed by atoms with Crippen molar-refractivity contribution in [1.82, 2.24) is 20.3 Å². The lowest BCUT2D eigenvalue weighted by atomic mass is 9.76. The van der Waals surface area contributed by atoms with Crippen LogP contribution < -0.4 is 20.1 Å². The van der Waals surface area contributed by atoms with Crippen LogP contribution in [0.2, 0.25) is 0 Å². The molecule has 0 fully saturated rings. The summed E-state index contributed by atoms with van der Waals surface area (Å²) in [5.74, 6) is -1.13.